The lowest BCUT2D eigenvalue weighted by molar-refractivity contribution is -0.120. The average Bonchev–Trinajstić information content (AvgIpc) is 3.05. The van der Waals surface area contributed by atoms with Crippen molar-refractivity contribution in [3.8, 4) is 11.5 Å². The Kier molecular flexibility index (Phi) is 4.52. The summed E-state index contributed by atoms with van der Waals surface area (Å²) in [7, 11) is 0. The molecule has 0 fully saturated rings. The van der Waals surface area contributed by atoms with E-state index >= 15 is 0 Å². The number of rotatable bonds is 5. The second kappa shape index (κ2) is 6.58. The van der Waals surface area contributed by atoms with Gasteiger partial charge in [-0.2, -0.15) is 0 Å². The molecule has 5 nitrogen and oxygen atoms in total. The van der Waals surface area contributed by atoms with E-state index in [2.05, 4.69) is 24.1 Å². The van der Waals surface area contributed by atoms with E-state index in [9.17, 15) is 4.79 Å². The number of nitrogens with one attached hydrogen (secondary N) is 1. The third kappa shape index (κ3) is 3.82. The van der Waals surface area contributed by atoms with E-state index in [1.807, 2.05) is 18.2 Å². The molecule has 0 aliphatic carbocycles. The molecule has 1 aliphatic rings. The molecule has 0 saturated heterocycles. The van der Waals surface area contributed by atoms with Crippen molar-refractivity contribution >= 4 is 17.2 Å². The zero-order chi connectivity index (χ0) is 16.3. The summed E-state index contributed by atoms with van der Waals surface area (Å²) < 4.78 is 11.2. The minimum Gasteiger partial charge on any atom is -0.486 e. The Hall–Kier alpha value is -2.08. The molecule has 1 N–H and O–H groups in total. The largest absolute Gasteiger partial charge is 0.486 e. The first-order valence-corrected chi connectivity index (χ1v) is 8.47. The summed E-state index contributed by atoms with van der Waals surface area (Å²) in [5.41, 5.74) is 2.65. The van der Waals surface area contributed by atoms with Gasteiger partial charge in [-0.05, 0) is 17.7 Å². The minimum atomic E-state index is -0.195. The number of thiazole rings is 1. The second-order valence-electron chi connectivity index (χ2n) is 6.16. The molecule has 0 atom stereocenters. The van der Waals surface area contributed by atoms with Crippen LogP contribution in [0.25, 0.3) is 0 Å². The third-order valence-electron chi connectivity index (χ3n) is 3.87. The summed E-state index contributed by atoms with van der Waals surface area (Å²) >= 11 is 1.49. The van der Waals surface area contributed by atoms with Crippen LogP contribution in [-0.2, 0) is 16.6 Å². The maximum Gasteiger partial charge on any atom is 0.225 e. The zero-order valence-corrected chi connectivity index (χ0v) is 14.1. The number of amides is 1. The fourth-order valence-corrected chi connectivity index (χ4v) is 3.03. The Labute approximate surface area is 139 Å². The standard InChI is InChI=1S/C17H20N2O3S/c1-17(2,10-19-16(20)8-13-9-18-11-23-13)12-3-4-14-15(7-12)22-6-5-21-14/h3-4,7,9,11H,5-6,8,10H2,1-2H3,(H,19,20). The molecule has 2 heterocycles. The topological polar surface area (TPSA) is 60.5 Å². The molecule has 122 valence electrons. The first kappa shape index (κ1) is 15.8. The Bertz CT molecular complexity index is 683. The van der Waals surface area contributed by atoms with Gasteiger partial charge in [-0.1, -0.05) is 19.9 Å². The summed E-state index contributed by atoms with van der Waals surface area (Å²) in [4.78, 5) is 17.0. The number of benzene rings is 1. The lowest BCUT2D eigenvalue weighted by atomic mass is 9.84. The monoisotopic (exact) mass is 332 g/mol. The number of hydrogen-bond acceptors (Lipinski definition) is 5. The van der Waals surface area contributed by atoms with Crippen LogP contribution >= 0.6 is 11.3 Å². The van der Waals surface area contributed by atoms with E-state index in [4.69, 9.17) is 9.47 Å². The zero-order valence-electron chi connectivity index (χ0n) is 13.3. The van der Waals surface area contributed by atoms with Gasteiger partial charge in [0.05, 0.1) is 11.9 Å². The molecule has 1 aromatic carbocycles. The molecule has 1 aromatic heterocycles. The summed E-state index contributed by atoms with van der Waals surface area (Å²) in [6.45, 7) is 5.92. The van der Waals surface area contributed by atoms with Crippen molar-refractivity contribution in [3.05, 3.63) is 40.3 Å². The molecule has 0 spiro atoms. The van der Waals surface area contributed by atoms with Crippen molar-refractivity contribution in [2.75, 3.05) is 19.8 Å². The molecule has 6 heteroatoms. The van der Waals surface area contributed by atoms with E-state index < -0.39 is 0 Å². The van der Waals surface area contributed by atoms with Gasteiger partial charge in [0.25, 0.3) is 0 Å². The third-order valence-corrected chi connectivity index (χ3v) is 4.65. The Balaban J connectivity index is 1.63. The second-order valence-corrected chi connectivity index (χ2v) is 7.13. The number of carbonyl (C=O) groups is 1. The van der Waals surface area contributed by atoms with E-state index in [1.54, 1.807) is 11.7 Å². The maximum absolute atomic E-state index is 12.0. The number of hydrogen-bond donors (Lipinski definition) is 1. The van der Waals surface area contributed by atoms with Crippen molar-refractivity contribution in [3.63, 3.8) is 0 Å². The van der Waals surface area contributed by atoms with E-state index in [-0.39, 0.29) is 11.3 Å². The lowest BCUT2D eigenvalue weighted by Crippen LogP contribution is -2.37. The van der Waals surface area contributed by atoms with Crippen LogP contribution < -0.4 is 14.8 Å². The van der Waals surface area contributed by atoms with Crippen LogP contribution in [-0.4, -0.2) is 30.6 Å². The molecule has 3 rings (SSSR count). The Morgan fingerprint density at radius 1 is 1.30 bits per heavy atom. The molecule has 0 bridgehead atoms. The van der Waals surface area contributed by atoms with Crippen LogP contribution in [0.5, 0.6) is 11.5 Å². The van der Waals surface area contributed by atoms with Gasteiger partial charge in [-0.15, -0.1) is 11.3 Å². The molecular weight excluding hydrogens is 312 g/mol. The van der Waals surface area contributed by atoms with Crippen LogP contribution in [0, 0.1) is 0 Å². The molecule has 2 aromatic rings. The van der Waals surface area contributed by atoms with Crippen LogP contribution in [0.2, 0.25) is 0 Å². The predicted molar refractivity (Wildman–Crippen MR) is 89.3 cm³/mol. The average molecular weight is 332 g/mol. The van der Waals surface area contributed by atoms with Crippen LogP contribution in [0.3, 0.4) is 0 Å². The lowest BCUT2D eigenvalue weighted by Gasteiger charge is -2.27. The van der Waals surface area contributed by atoms with Crippen molar-refractivity contribution in [2.45, 2.75) is 25.7 Å². The van der Waals surface area contributed by atoms with Crippen molar-refractivity contribution in [2.24, 2.45) is 0 Å². The highest BCUT2D eigenvalue weighted by Gasteiger charge is 2.24. The van der Waals surface area contributed by atoms with Gasteiger partial charge in [-0.25, -0.2) is 0 Å². The smallest absolute Gasteiger partial charge is 0.225 e. The molecule has 0 saturated carbocycles. The van der Waals surface area contributed by atoms with E-state index in [0.717, 1.165) is 21.9 Å². The summed E-state index contributed by atoms with van der Waals surface area (Å²) in [5.74, 6) is 1.57. The van der Waals surface area contributed by atoms with Gasteiger partial charge >= 0.3 is 0 Å². The first-order valence-electron chi connectivity index (χ1n) is 7.59. The molecule has 0 unspecified atom stereocenters. The molecule has 1 aliphatic heterocycles. The molecule has 1 amide bonds. The quantitative estimate of drug-likeness (QED) is 0.914. The van der Waals surface area contributed by atoms with Gasteiger partial charge in [0.1, 0.15) is 13.2 Å². The van der Waals surface area contributed by atoms with Gasteiger partial charge < -0.3 is 14.8 Å². The van der Waals surface area contributed by atoms with Gasteiger partial charge in [-0.3, -0.25) is 9.78 Å². The summed E-state index contributed by atoms with van der Waals surface area (Å²) in [6.07, 6.45) is 2.11. The van der Waals surface area contributed by atoms with Gasteiger partial charge in [0.15, 0.2) is 11.5 Å². The highest BCUT2D eigenvalue weighted by atomic mass is 32.1. The molecule has 0 radical (unpaired) electrons. The molecule has 23 heavy (non-hydrogen) atoms. The SMILES string of the molecule is CC(C)(CNC(=O)Cc1cncs1)c1ccc2c(c1)OCCO2. The number of nitrogens with zero attached hydrogens (tertiary/aromatic N) is 1. The maximum atomic E-state index is 12.0. The number of fused-ring (bicyclic) bond motifs is 1. The summed E-state index contributed by atoms with van der Waals surface area (Å²) in [5, 5.41) is 3.01. The van der Waals surface area contributed by atoms with Crippen molar-refractivity contribution in [1.29, 1.82) is 0 Å². The van der Waals surface area contributed by atoms with Crippen LogP contribution in [0.15, 0.2) is 29.9 Å². The Morgan fingerprint density at radius 3 is 2.83 bits per heavy atom. The Morgan fingerprint density at radius 2 is 2.09 bits per heavy atom. The molecular formula is C17H20N2O3S. The van der Waals surface area contributed by atoms with Crippen LogP contribution in [0.4, 0.5) is 0 Å². The summed E-state index contributed by atoms with van der Waals surface area (Å²) in [6, 6.07) is 5.97. The highest BCUT2D eigenvalue weighted by Crippen LogP contribution is 2.34. The predicted octanol–water partition coefficient (Wildman–Crippen LogP) is 2.55. The van der Waals surface area contributed by atoms with E-state index in [1.165, 1.54) is 11.3 Å². The van der Waals surface area contributed by atoms with E-state index in [0.29, 0.717) is 26.2 Å². The first-order chi connectivity index (χ1) is 11.0. The van der Waals surface area contributed by atoms with Crippen molar-refractivity contribution in [1.82, 2.24) is 10.3 Å². The fourth-order valence-electron chi connectivity index (χ4n) is 2.44. The minimum absolute atomic E-state index is 0.0138. The number of ether oxygens (including phenoxy) is 2. The number of aromatic nitrogens is 1. The highest BCUT2D eigenvalue weighted by molar-refractivity contribution is 7.09. The van der Waals surface area contributed by atoms with Crippen LogP contribution in [0.1, 0.15) is 24.3 Å². The van der Waals surface area contributed by atoms with Gasteiger partial charge in [0.2, 0.25) is 5.91 Å². The fraction of sp³-hybridized carbons (Fsp3) is 0.412. The van der Waals surface area contributed by atoms with Gasteiger partial charge in [0, 0.05) is 23.0 Å². The number of carbonyl (C=O) groups excluding carboxylic acids is 1. The normalized spacial score (nSPS) is 13.7. The van der Waals surface area contributed by atoms with Crippen molar-refractivity contribution < 1.29 is 14.3 Å².